The Morgan fingerprint density at radius 3 is 2.45 bits per heavy atom. The van der Waals surface area contributed by atoms with Crippen LogP contribution >= 0.6 is 23.2 Å². The van der Waals surface area contributed by atoms with E-state index in [-0.39, 0.29) is 18.6 Å². The molecule has 1 aromatic rings. The molecule has 0 spiro atoms. The van der Waals surface area contributed by atoms with Crippen LogP contribution in [0.15, 0.2) is 18.2 Å². The zero-order valence-corrected chi connectivity index (χ0v) is 12.3. The minimum Gasteiger partial charge on any atom is -0.456 e. The molecule has 0 atom stereocenters. The fourth-order valence-electron chi connectivity index (χ4n) is 1.27. The zero-order valence-electron chi connectivity index (χ0n) is 10.7. The van der Waals surface area contributed by atoms with Crippen molar-refractivity contribution in [3.63, 3.8) is 0 Å². The number of halogens is 2. The smallest absolute Gasteiger partial charge is 0.306 e. The maximum absolute atomic E-state index is 11.5. The maximum atomic E-state index is 11.5. The molecule has 7 heteroatoms. The van der Waals surface area contributed by atoms with Gasteiger partial charge in [0, 0.05) is 12.1 Å². The third-order valence-corrected chi connectivity index (χ3v) is 2.99. The third-order valence-electron chi connectivity index (χ3n) is 2.25. The molecule has 108 valence electrons. The molecule has 1 N–H and O–H groups in total. The standard InChI is InChI=1S/C13H13Cl2NO4/c1-8(17)2-5-13(19)20-7-12(18)16-9-3-4-10(14)11(15)6-9/h3-4,6H,2,5,7H2,1H3,(H,16,18). The summed E-state index contributed by atoms with van der Waals surface area (Å²) in [5.74, 6) is -1.20. The summed E-state index contributed by atoms with van der Waals surface area (Å²) in [5, 5.41) is 3.19. The second kappa shape index (κ2) is 7.87. The predicted octanol–water partition coefficient (Wildman–Crippen LogP) is 2.84. The largest absolute Gasteiger partial charge is 0.456 e. The van der Waals surface area contributed by atoms with Gasteiger partial charge in [-0.25, -0.2) is 0 Å². The first-order valence-electron chi connectivity index (χ1n) is 5.78. The van der Waals surface area contributed by atoms with E-state index in [9.17, 15) is 14.4 Å². The second-order valence-corrected chi connectivity index (χ2v) is 4.85. The SMILES string of the molecule is CC(=O)CCC(=O)OCC(=O)Nc1ccc(Cl)c(Cl)c1. The first-order chi connectivity index (χ1) is 9.38. The number of hydrogen-bond donors (Lipinski definition) is 1. The Bertz CT molecular complexity index is 531. The Hall–Kier alpha value is -1.59. The van der Waals surface area contributed by atoms with Crippen LogP contribution in [-0.4, -0.2) is 24.3 Å². The molecule has 0 fully saturated rings. The molecule has 5 nitrogen and oxygen atoms in total. The number of nitrogens with one attached hydrogen (secondary N) is 1. The van der Waals surface area contributed by atoms with Gasteiger partial charge in [-0.1, -0.05) is 23.2 Å². The lowest BCUT2D eigenvalue weighted by atomic mass is 10.2. The number of anilines is 1. The summed E-state index contributed by atoms with van der Waals surface area (Å²) in [6.45, 7) is 0.960. The molecule has 0 aliphatic heterocycles. The highest BCUT2D eigenvalue weighted by atomic mass is 35.5. The summed E-state index contributed by atoms with van der Waals surface area (Å²) in [7, 11) is 0. The van der Waals surface area contributed by atoms with Crippen LogP contribution in [0.4, 0.5) is 5.69 Å². The molecule has 1 amide bonds. The summed E-state index contributed by atoms with van der Waals surface area (Å²) in [5.41, 5.74) is 0.448. The number of Topliss-reactive ketones (excluding diaryl/α,β-unsaturated/α-hetero) is 1. The molecule has 0 heterocycles. The quantitative estimate of drug-likeness (QED) is 0.819. The predicted molar refractivity (Wildman–Crippen MR) is 76.0 cm³/mol. The number of ether oxygens (including phenoxy) is 1. The normalized spacial score (nSPS) is 9.95. The summed E-state index contributed by atoms with van der Waals surface area (Å²) in [6.07, 6.45) is 0.0721. The van der Waals surface area contributed by atoms with E-state index in [1.807, 2.05) is 0 Å². The van der Waals surface area contributed by atoms with E-state index in [0.29, 0.717) is 15.7 Å². The first-order valence-corrected chi connectivity index (χ1v) is 6.54. The summed E-state index contributed by atoms with van der Waals surface area (Å²) < 4.78 is 4.72. The van der Waals surface area contributed by atoms with Crippen molar-refractivity contribution in [1.29, 1.82) is 0 Å². The average Bonchev–Trinajstić information content (AvgIpc) is 2.38. The highest BCUT2D eigenvalue weighted by Crippen LogP contribution is 2.24. The number of esters is 1. The monoisotopic (exact) mass is 317 g/mol. The van der Waals surface area contributed by atoms with Gasteiger partial charge < -0.3 is 14.8 Å². The Kier molecular flexibility index (Phi) is 6.48. The molecule has 1 aromatic carbocycles. The van der Waals surface area contributed by atoms with Crippen LogP contribution < -0.4 is 5.32 Å². The molecule has 20 heavy (non-hydrogen) atoms. The number of carbonyl (C=O) groups is 3. The van der Waals surface area contributed by atoms with E-state index in [2.05, 4.69) is 5.32 Å². The van der Waals surface area contributed by atoms with Gasteiger partial charge in [-0.2, -0.15) is 0 Å². The molecule has 1 rings (SSSR count). The van der Waals surface area contributed by atoms with Gasteiger partial charge in [0.15, 0.2) is 6.61 Å². The molecular formula is C13H13Cl2NO4. The zero-order chi connectivity index (χ0) is 15.1. The van der Waals surface area contributed by atoms with Gasteiger partial charge in [-0.05, 0) is 25.1 Å². The number of amides is 1. The summed E-state index contributed by atoms with van der Waals surface area (Å²) >= 11 is 11.5. The minimum absolute atomic E-state index is 0.0324. The Labute approximate surface area is 126 Å². The van der Waals surface area contributed by atoms with Crippen LogP contribution in [0.3, 0.4) is 0 Å². The second-order valence-electron chi connectivity index (χ2n) is 4.04. The molecule has 0 aliphatic rings. The molecule has 0 saturated heterocycles. The lowest BCUT2D eigenvalue weighted by Crippen LogP contribution is -2.21. The van der Waals surface area contributed by atoms with Crippen LogP contribution in [0.1, 0.15) is 19.8 Å². The van der Waals surface area contributed by atoms with Gasteiger partial charge in [0.2, 0.25) is 0 Å². The summed E-state index contributed by atoms with van der Waals surface area (Å²) in [6, 6.07) is 4.60. The van der Waals surface area contributed by atoms with Gasteiger partial charge in [0.05, 0.1) is 16.5 Å². The lowest BCUT2D eigenvalue weighted by Gasteiger charge is -2.07. The van der Waals surface area contributed by atoms with E-state index in [4.69, 9.17) is 27.9 Å². The molecule has 0 aliphatic carbocycles. The topological polar surface area (TPSA) is 72.5 Å². The highest BCUT2D eigenvalue weighted by Gasteiger charge is 2.09. The van der Waals surface area contributed by atoms with E-state index in [0.717, 1.165) is 0 Å². The van der Waals surface area contributed by atoms with Crippen molar-refractivity contribution in [2.75, 3.05) is 11.9 Å². The first kappa shape index (κ1) is 16.5. The van der Waals surface area contributed by atoms with Crippen LogP contribution in [0.2, 0.25) is 10.0 Å². The van der Waals surface area contributed by atoms with Crippen LogP contribution in [-0.2, 0) is 19.1 Å². The van der Waals surface area contributed by atoms with Crippen molar-refractivity contribution in [2.45, 2.75) is 19.8 Å². The van der Waals surface area contributed by atoms with E-state index >= 15 is 0 Å². The fraction of sp³-hybridized carbons (Fsp3) is 0.308. The van der Waals surface area contributed by atoms with Crippen molar-refractivity contribution in [2.24, 2.45) is 0 Å². The fourth-order valence-corrected chi connectivity index (χ4v) is 1.57. The molecule has 0 radical (unpaired) electrons. The van der Waals surface area contributed by atoms with E-state index in [1.54, 1.807) is 12.1 Å². The van der Waals surface area contributed by atoms with Crippen LogP contribution in [0.25, 0.3) is 0 Å². The highest BCUT2D eigenvalue weighted by molar-refractivity contribution is 6.42. The number of benzene rings is 1. The van der Waals surface area contributed by atoms with Crippen molar-refractivity contribution < 1.29 is 19.1 Å². The van der Waals surface area contributed by atoms with Gasteiger partial charge in [0.1, 0.15) is 5.78 Å². The van der Waals surface area contributed by atoms with Crippen molar-refractivity contribution in [3.05, 3.63) is 28.2 Å². The Morgan fingerprint density at radius 1 is 1.15 bits per heavy atom. The number of rotatable bonds is 6. The molecule has 0 aromatic heterocycles. The van der Waals surface area contributed by atoms with Crippen molar-refractivity contribution in [1.82, 2.24) is 0 Å². The average molecular weight is 318 g/mol. The molecular weight excluding hydrogens is 305 g/mol. The molecule has 0 saturated carbocycles. The van der Waals surface area contributed by atoms with Crippen molar-refractivity contribution >= 4 is 46.5 Å². The summed E-state index contributed by atoms with van der Waals surface area (Å²) in [4.78, 5) is 33.4. The molecule has 0 bridgehead atoms. The van der Waals surface area contributed by atoms with E-state index < -0.39 is 18.5 Å². The van der Waals surface area contributed by atoms with Crippen molar-refractivity contribution in [3.8, 4) is 0 Å². The molecule has 0 unspecified atom stereocenters. The van der Waals surface area contributed by atoms with Crippen LogP contribution in [0, 0.1) is 0 Å². The van der Waals surface area contributed by atoms with Gasteiger partial charge in [-0.15, -0.1) is 0 Å². The Balaban J connectivity index is 2.38. The number of ketones is 1. The number of hydrogen-bond acceptors (Lipinski definition) is 4. The third kappa shape index (κ3) is 6.04. The van der Waals surface area contributed by atoms with Gasteiger partial charge >= 0.3 is 5.97 Å². The van der Waals surface area contributed by atoms with Gasteiger partial charge in [0.25, 0.3) is 5.91 Å². The van der Waals surface area contributed by atoms with Crippen LogP contribution in [0.5, 0.6) is 0 Å². The Morgan fingerprint density at radius 2 is 1.85 bits per heavy atom. The van der Waals surface area contributed by atoms with E-state index in [1.165, 1.54) is 13.0 Å². The number of carbonyl (C=O) groups excluding carboxylic acids is 3. The van der Waals surface area contributed by atoms with Gasteiger partial charge in [-0.3, -0.25) is 9.59 Å². The minimum atomic E-state index is -0.593. The maximum Gasteiger partial charge on any atom is 0.306 e. The lowest BCUT2D eigenvalue weighted by molar-refractivity contribution is -0.148.